The van der Waals surface area contributed by atoms with E-state index in [9.17, 15) is 4.79 Å². The molecule has 116 valence electrons. The van der Waals surface area contributed by atoms with Crippen LogP contribution in [0.1, 0.15) is 30.8 Å². The predicted molar refractivity (Wildman–Crippen MR) is 83.5 cm³/mol. The number of rotatable bonds is 5. The summed E-state index contributed by atoms with van der Waals surface area (Å²) >= 11 is 0. The molecule has 0 aliphatic carbocycles. The quantitative estimate of drug-likeness (QED) is 0.794. The topological polar surface area (TPSA) is 44.8 Å². The summed E-state index contributed by atoms with van der Waals surface area (Å²) in [6.07, 6.45) is 0.781. The van der Waals surface area contributed by atoms with Crippen molar-refractivity contribution in [3.05, 3.63) is 47.5 Å². The minimum Gasteiger partial charge on any atom is -0.466 e. The molecule has 0 saturated carbocycles. The van der Waals surface area contributed by atoms with Crippen molar-refractivity contribution in [1.29, 1.82) is 0 Å². The van der Waals surface area contributed by atoms with E-state index in [4.69, 9.17) is 14.2 Å². The first kappa shape index (κ1) is 15.0. The number of benzene rings is 2. The van der Waals surface area contributed by atoms with Crippen LogP contribution in [-0.4, -0.2) is 25.8 Å². The summed E-state index contributed by atoms with van der Waals surface area (Å²) < 4.78 is 16.2. The molecule has 22 heavy (non-hydrogen) atoms. The van der Waals surface area contributed by atoms with E-state index in [0.717, 1.165) is 21.9 Å². The SMILES string of the molecule is CCOC(=O)CCc1ccc(C2OCCO2)c2ccccc12. The number of hydrogen-bond acceptors (Lipinski definition) is 4. The summed E-state index contributed by atoms with van der Waals surface area (Å²) in [6.45, 7) is 3.51. The molecule has 0 radical (unpaired) electrons. The van der Waals surface area contributed by atoms with Gasteiger partial charge in [-0.2, -0.15) is 0 Å². The van der Waals surface area contributed by atoms with Crippen molar-refractivity contribution in [2.45, 2.75) is 26.1 Å². The fourth-order valence-electron chi connectivity index (χ4n) is 2.82. The summed E-state index contributed by atoms with van der Waals surface area (Å²) in [6, 6.07) is 12.3. The highest BCUT2D eigenvalue weighted by atomic mass is 16.7. The molecule has 1 fully saturated rings. The maximum Gasteiger partial charge on any atom is 0.306 e. The van der Waals surface area contributed by atoms with Gasteiger partial charge in [-0.05, 0) is 29.7 Å². The molecule has 1 aliphatic rings. The van der Waals surface area contributed by atoms with Gasteiger partial charge in [0.05, 0.1) is 19.8 Å². The zero-order valence-corrected chi connectivity index (χ0v) is 12.7. The molecule has 1 saturated heterocycles. The molecule has 0 spiro atoms. The molecule has 4 heteroatoms. The maximum atomic E-state index is 11.6. The normalized spacial score (nSPS) is 15.3. The molecule has 0 bridgehead atoms. The van der Waals surface area contributed by atoms with Gasteiger partial charge in [0.2, 0.25) is 0 Å². The molecular weight excluding hydrogens is 280 g/mol. The summed E-state index contributed by atoms with van der Waals surface area (Å²) in [5.41, 5.74) is 2.19. The van der Waals surface area contributed by atoms with Crippen LogP contribution < -0.4 is 0 Å². The van der Waals surface area contributed by atoms with Gasteiger partial charge in [-0.25, -0.2) is 0 Å². The van der Waals surface area contributed by atoms with Gasteiger partial charge in [0.25, 0.3) is 0 Å². The van der Waals surface area contributed by atoms with Crippen molar-refractivity contribution in [3.63, 3.8) is 0 Å². The molecule has 2 aromatic carbocycles. The average molecular weight is 300 g/mol. The first-order chi connectivity index (χ1) is 10.8. The number of aryl methyl sites for hydroxylation is 1. The number of carbonyl (C=O) groups excluding carboxylic acids is 1. The van der Waals surface area contributed by atoms with E-state index in [1.807, 2.05) is 25.1 Å². The fourth-order valence-corrected chi connectivity index (χ4v) is 2.82. The molecule has 0 atom stereocenters. The van der Waals surface area contributed by atoms with Crippen molar-refractivity contribution >= 4 is 16.7 Å². The van der Waals surface area contributed by atoms with Gasteiger partial charge in [-0.15, -0.1) is 0 Å². The van der Waals surface area contributed by atoms with Gasteiger partial charge in [-0.3, -0.25) is 4.79 Å². The minimum atomic E-state index is -0.288. The summed E-state index contributed by atoms with van der Waals surface area (Å²) in [5, 5.41) is 2.26. The van der Waals surface area contributed by atoms with Crippen LogP contribution in [0.15, 0.2) is 36.4 Å². The second-order valence-corrected chi connectivity index (χ2v) is 5.24. The van der Waals surface area contributed by atoms with E-state index in [2.05, 4.69) is 18.2 Å². The molecule has 0 N–H and O–H groups in total. The second-order valence-electron chi connectivity index (χ2n) is 5.24. The minimum absolute atomic E-state index is 0.155. The molecule has 4 nitrogen and oxygen atoms in total. The van der Waals surface area contributed by atoms with Crippen molar-refractivity contribution in [3.8, 4) is 0 Å². The third kappa shape index (κ3) is 3.13. The molecule has 0 aromatic heterocycles. The van der Waals surface area contributed by atoms with E-state index in [1.54, 1.807) is 0 Å². The molecule has 2 aromatic rings. The third-order valence-electron chi connectivity index (χ3n) is 3.83. The van der Waals surface area contributed by atoms with E-state index in [-0.39, 0.29) is 12.3 Å². The Hall–Kier alpha value is -1.91. The number of esters is 1. The lowest BCUT2D eigenvalue weighted by Crippen LogP contribution is -2.06. The summed E-state index contributed by atoms with van der Waals surface area (Å²) in [5.74, 6) is -0.155. The van der Waals surface area contributed by atoms with Gasteiger partial charge in [0, 0.05) is 12.0 Å². The molecule has 0 amide bonds. The lowest BCUT2D eigenvalue weighted by atomic mass is 9.96. The average Bonchev–Trinajstić information content (AvgIpc) is 3.07. The van der Waals surface area contributed by atoms with Crippen LogP contribution in [0.2, 0.25) is 0 Å². The lowest BCUT2D eigenvalue weighted by Gasteiger charge is -2.15. The molecular formula is C18H20O4. The number of fused-ring (bicyclic) bond motifs is 1. The van der Waals surface area contributed by atoms with Crippen LogP contribution in [0.5, 0.6) is 0 Å². The molecule has 1 aliphatic heterocycles. The van der Waals surface area contributed by atoms with Crippen molar-refractivity contribution < 1.29 is 19.0 Å². The maximum absolute atomic E-state index is 11.6. The van der Waals surface area contributed by atoms with Gasteiger partial charge in [0.1, 0.15) is 0 Å². The van der Waals surface area contributed by atoms with Gasteiger partial charge in [0.15, 0.2) is 6.29 Å². The van der Waals surface area contributed by atoms with Crippen LogP contribution in [0.25, 0.3) is 10.8 Å². The van der Waals surface area contributed by atoms with Crippen molar-refractivity contribution in [2.24, 2.45) is 0 Å². The van der Waals surface area contributed by atoms with E-state index < -0.39 is 0 Å². The van der Waals surface area contributed by atoms with Gasteiger partial charge < -0.3 is 14.2 Å². The fraction of sp³-hybridized carbons (Fsp3) is 0.389. The van der Waals surface area contributed by atoms with Crippen LogP contribution in [0, 0.1) is 0 Å². The molecule has 0 unspecified atom stereocenters. The van der Waals surface area contributed by atoms with Crippen molar-refractivity contribution in [1.82, 2.24) is 0 Å². The monoisotopic (exact) mass is 300 g/mol. The largest absolute Gasteiger partial charge is 0.466 e. The third-order valence-corrected chi connectivity index (χ3v) is 3.83. The Balaban J connectivity index is 1.89. The van der Waals surface area contributed by atoms with Gasteiger partial charge >= 0.3 is 5.97 Å². The van der Waals surface area contributed by atoms with Crippen LogP contribution in [-0.2, 0) is 25.4 Å². The Kier molecular flexibility index (Phi) is 4.71. The Bertz CT molecular complexity index is 659. The van der Waals surface area contributed by atoms with Gasteiger partial charge in [-0.1, -0.05) is 36.4 Å². The Morgan fingerprint density at radius 2 is 1.86 bits per heavy atom. The Morgan fingerprint density at radius 3 is 2.59 bits per heavy atom. The van der Waals surface area contributed by atoms with Crippen LogP contribution in [0.3, 0.4) is 0 Å². The smallest absolute Gasteiger partial charge is 0.306 e. The molecule has 3 rings (SSSR count). The number of hydrogen-bond donors (Lipinski definition) is 0. The summed E-state index contributed by atoms with van der Waals surface area (Å²) in [7, 11) is 0. The van der Waals surface area contributed by atoms with Crippen molar-refractivity contribution in [2.75, 3.05) is 19.8 Å². The number of carbonyl (C=O) groups is 1. The van der Waals surface area contributed by atoms with Crippen LogP contribution >= 0.6 is 0 Å². The highest BCUT2D eigenvalue weighted by Crippen LogP contribution is 2.32. The predicted octanol–water partition coefficient (Wildman–Crippen LogP) is 3.38. The van der Waals surface area contributed by atoms with Crippen LogP contribution in [0.4, 0.5) is 0 Å². The Labute approximate surface area is 130 Å². The zero-order valence-electron chi connectivity index (χ0n) is 12.7. The highest BCUT2D eigenvalue weighted by Gasteiger charge is 2.21. The van der Waals surface area contributed by atoms with E-state index in [1.165, 1.54) is 0 Å². The van der Waals surface area contributed by atoms with E-state index >= 15 is 0 Å². The number of ether oxygens (including phenoxy) is 3. The highest BCUT2D eigenvalue weighted by molar-refractivity contribution is 5.89. The molecule has 1 heterocycles. The zero-order chi connectivity index (χ0) is 15.4. The second kappa shape index (κ2) is 6.90. The Morgan fingerprint density at radius 1 is 1.14 bits per heavy atom. The summed E-state index contributed by atoms with van der Waals surface area (Å²) in [4.78, 5) is 11.6. The first-order valence-corrected chi connectivity index (χ1v) is 7.69. The first-order valence-electron chi connectivity index (χ1n) is 7.69. The standard InChI is InChI=1S/C18H20O4/c1-2-20-17(19)10-8-13-7-9-16(18-21-11-12-22-18)15-6-4-3-5-14(13)15/h3-7,9,18H,2,8,10-12H2,1H3. The lowest BCUT2D eigenvalue weighted by molar-refractivity contribution is -0.143. The van der Waals surface area contributed by atoms with E-state index in [0.29, 0.717) is 32.7 Å².